The zero-order chi connectivity index (χ0) is 19.2. The number of hydrogen-bond donors (Lipinski definition) is 2. The molecule has 0 spiro atoms. The van der Waals surface area contributed by atoms with Crippen molar-refractivity contribution >= 4 is 28.4 Å². The summed E-state index contributed by atoms with van der Waals surface area (Å²) in [4.78, 5) is 24.1. The van der Waals surface area contributed by atoms with Crippen molar-refractivity contribution in [3.63, 3.8) is 0 Å². The average Bonchev–Trinajstić information content (AvgIpc) is 3.03. The van der Waals surface area contributed by atoms with Crippen LogP contribution >= 0.6 is 0 Å². The molecule has 0 radical (unpaired) electrons. The van der Waals surface area contributed by atoms with Gasteiger partial charge in [-0.1, -0.05) is 32.0 Å². The van der Waals surface area contributed by atoms with E-state index in [1.807, 2.05) is 36.4 Å². The van der Waals surface area contributed by atoms with Crippen molar-refractivity contribution in [3.8, 4) is 0 Å². The lowest BCUT2D eigenvalue weighted by Crippen LogP contribution is -2.27. The number of rotatable bonds is 7. The molecule has 0 atom stereocenters. The molecule has 5 nitrogen and oxygen atoms in total. The Kier molecular flexibility index (Phi) is 5.91. The second-order valence-corrected chi connectivity index (χ2v) is 7.06. The molecular formula is C22H25N3O2. The first kappa shape index (κ1) is 18.7. The number of amides is 2. The summed E-state index contributed by atoms with van der Waals surface area (Å²) in [6.07, 6.45) is 2.31. The highest BCUT2D eigenvalue weighted by molar-refractivity contribution is 5.96. The minimum absolute atomic E-state index is 0.121. The number of aromatic nitrogens is 1. The van der Waals surface area contributed by atoms with E-state index in [1.165, 1.54) is 0 Å². The second-order valence-electron chi connectivity index (χ2n) is 7.06. The van der Waals surface area contributed by atoms with Gasteiger partial charge >= 0.3 is 0 Å². The standard InChI is InChI=1S/C22H25N3O2/c1-16(2)15-25-13-11-18-14-19(8-9-20(18)25)24-21(26)10-12-23-22(27)17-6-4-3-5-7-17/h3-9,11,13-14,16H,10,12,15H2,1-2H3,(H,23,27)(H,24,26). The van der Waals surface area contributed by atoms with E-state index in [0.29, 0.717) is 18.0 Å². The number of carbonyl (C=O) groups excluding carboxylic acids is 2. The van der Waals surface area contributed by atoms with E-state index >= 15 is 0 Å². The highest BCUT2D eigenvalue weighted by Crippen LogP contribution is 2.21. The lowest BCUT2D eigenvalue weighted by atomic mass is 10.2. The largest absolute Gasteiger partial charge is 0.352 e. The fraction of sp³-hybridized carbons (Fsp3) is 0.273. The zero-order valence-electron chi connectivity index (χ0n) is 15.7. The van der Waals surface area contributed by atoms with Crippen LogP contribution in [0.3, 0.4) is 0 Å². The smallest absolute Gasteiger partial charge is 0.251 e. The van der Waals surface area contributed by atoms with Crippen LogP contribution < -0.4 is 10.6 Å². The molecule has 0 aliphatic rings. The van der Waals surface area contributed by atoms with Gasteiger partial charge in [-0.25, -0.2) is 0 Å². The number of benzene rings is 2. The first-order valence-electron chi connectivity index (χ1n) is 9.25. The highest BCUT2D eigenvalue weighted by atomic mass is 16.2. The van der Waals surface area contributed by atoms with E-state index in [9.17, 15) is 9.59 Å². The Bertz CT molecular complexity index is 929. The van der Waals surface area contributed by atoms with Gasteiger partial charge in [-0.15, -0.1) is 0 Å². The van der Waals surface area contributed by atoms with Gasteiger partial charge in [0.05, 0.1) is 0 Å². The van der Waals surface area contributed by atoms with Crippen LogP contribution in [0, 0.1) is 5.92 Å². The first-order valence-corrected chi connectivity index (χ1v) is 9.25. The third kappa shape index (κ3) is 4.97. The summed E-state index contributed by atoms with van der Waals surface area (Å²) < 4.78 is 2.23. The molecule has 3 rings (SSSR count). The summed E-state index contributed by atoms with van der Waals surface area (Å²) in [5, 5.41) is 6.76. The molecule has 5 heteroatoms. The number of anilines is 1. The molecule has 0 unspecified atom stereocenters. The maximum atomic E-state index is 12.1. The molecule has 2 N–H and O–H groups in total. The quantitative estimate of drug-likeness (QED) is 0.665. The van der Waals surface area contributed by atoms with Gasteiger partial charge in [-0.3, -0.25) is 9.59 Å². The maximum Gasteiger partial charge on any atom is 0.251 e. The Labute approximate surface area is 159 Å². The Morgan fingerprint density at radius 3 is 2.56 bits per heavy atom. The Morgan fingerprint density at radius 1 is 1.04 bits per heavy atom. The number of carbonyl (C=O) groups is 2. The summed E-state index contributed by atoms with van der Waals surface area (Å²) in [6, 6.07) is 17.0. The lowest BCUT2D eigenvalue weighted by Gasteiger charge is -2.10. The molecule has 1 aromatic heterocycles. The summed E-state index contributed by atoms with van der Waals surface area (Å²) in [5.74, 6) is 0.284. The number of nitrogens with zero attached hydrogens (tertiary/aromatic N) is 1. The van der Waals surface area contributed by atoms with E-state index < -0.39 is 0 Å². The zero-order valence-corrected chi connectivity index (χ0v) is 15.7. The average molecular weight is 363 g/mol. The van der Waals surface area contributed by atoms with Crippen molar-refractivity contribution in [3.05, 3.63) is 66.4 Å². The van der Waals surface area contributed by atoms with Crippen molar-refractivity contribution in [1.29, 1.82) is 0 Å². The monoisotopic (exact) mass is 363 g/mol. The van der Waals surface area contributed by atoms with Crippen molar-refractivity contribution < 1.29 is 9.59 Å². The SMILES string of the molecule is CC(C)Cn1ccc2cc(NC(=O)CCNC(=O)c3ccccc3)ccc21. The van der Waals surface area contributed by atoms with Gasteiger partial charge in [-0.2, -0.15) is 0 Å². The number of hydrogen-bond acceptors (Lipinski definition) is 2. The van der Waals surface area contributed by atoms with Gasteiger partial charge < -0.3 is 15.2 Å². The van der Waals surface area contributed by atoms with E-state index in [1.54, 1.807) is 12.1 Å². The fourth-order valence-electron chi connectivity index (χ4n) is 3.04. The molecule has 0 fully saturated rings. The number of nitrogens with one attached hydrogen (secondary N) is 2. The second kappa shape index (κ2) is 8.54. The molecule has 27 heavy (non-hydrogen) atoms. The van der Waals surface area contributed by atoms with Gasteiger partial charge in [0, 0.05) is 47.9 Å². The highest BCUT2D eigenvalue weighted by Gasteiger charge is 2.08. The third-order valence-corrected chi connectivity index (χ3v) is 4.29. The minimum atomic E-state index is -0.170. The number of fused-ring (bicyclic) bond motifs is 1. The lowest BCUT2D eigenvalue weighted by molar-refractivity contribution is -0.116. The predicted octanol–water partition coefficient (Wildman–Crippen LogP) is 4.06. The summed E-state index contributed by atoms with van der Waals surface area (Å²) in [6.45, 7) is 5.65. The van der Waals surface area contributed by atoms with Crippen LogP contribution in [-0.2, 0) is 11.3 Å². The first-order chi connectivity index (χ1) is 13.0. The van der Waals surface area contributed by atoms with E-state index in [-0.39, 0.29) is 18.2 Å². The van der Waals surface area contributed by atoms with Crippen molar-refractivity contribution in [2.45, 2.75) is 26.8 Å². The van der Waals surface area contributed by atoms with Crippen LogP contribution in [-0.4, -0.2) is 22.9 Å². The minimum Gasteiger partial charge on any atom is -0.352 e. The fourth-order valence-corrected chi connectivity index (χ4v) is 3.04. The van der Waals surface area contributed by atoms with E-state index in [2.05, 4.69) is 41.3 Å². The molecule has 3 aromatic rings. The molecule has 140 valence electrons. The van der Waals surface area contributed by atoms with Gasteiger partial charge in [0.25, 0.3) is 5.91 Å². The Morgan fingerprint density at radius 2 is 1.81 bits per heavy atom. The van der Waals surface area contributed by atoms with Crippen LogP contribution in [0.25, 0.3) is 10.9 Å². The van der Waals surface area contributed by atoms with Crippen LogP contribution in [0.2, 0.25) is 0 Å². The molecule has 0 bridgehead atoms. The van der Waals surface area contributed by atoms with Crippen LogP contribution in [0.1, 0.15) is 30.6 Å². The van der Waals surface area contributed by atoms with Gasteiger partial charge in [0.2, 0.25) is 5.91 Å². The Balaban J connectivity index is 1.52. The van der Waals surface area contributed by atoms with Gasteiger partial charge in [0.1, 0.15) is 0 Å². The molecule has 0 saturated heterocycles. The van der Waals surface area contributed by atoms with E-state index in [4.69, 9.17) is 0 Å². The van der Waals surface area contributed by atoms with Crippen molar-refractivity contribution in [1.82, 2.24) is 9.88 Å². The summed E-state index contributed by atoms with van der Waals surface area (Å²) in [5.41, 5.74) is 2.52. The van der Waals surface area contributed by atoms with Crippen molar-refractivity contribution in [2.24, 2.45) is 5.92 Å². The topological polar surface area (TPSA) is 63.1 Å². The molecular weight excluding hydrogens is 338 g/mol. The maximum absolute atomic E-state index is 12.1. The van der Waals surface area contributed by atoms with Crippen LogP contribution in [0.4, 0.5) is 5.69 Å². The van der Waals surface area contributed by atoms with E-state index in [0.717, 1.165) is 23.1 Å². The molecule has 1 heterocycles. The van der Waals surface area contributed by atoms with Crippen LogP contribution in [0.15, 0.2) is 60.8 Å². The van der Waals surface area contributed by atoms with Crippen molar-refractivity contribution in [2.75, 3.05) is 11.9 Å². The normalized spacial score (nSPS) is 10.9. The summed E-state index contributed by atoms with van der Waals surface area (Å²) >= 11 is 0. The van der Waals surface area contributed by atoms with Gasteiger partial charge in [-0.05, 0) is 42.3 Å². The predicted molar refractivity (Wildman–Crippen MR) is 109 cm³/mol. The van der Waals surface area contributed by atoms with Gasteiger partial charge in [0.15, 0.2) is 0 Å². The Hall–Kier alpha value is -3.08. The molecule has 2 amide bonds. The molecule has 0 aliphatic heterocycles. The molecule has 0 aliphatic carbocycles. The van der Waals surface area contributed by atoms with Crippen LogP contribution in [0.5, 0.6) is 0 Å². The molecule has 0 saturated carbocycles. The third-order valence-electron chi connectivity index (χ3n) is 4.29. The summed E-state index contributed by atoms with van der Waals surface area (Å²) in [7, 11) is 0. The molecule has 2 aromatic carbocycles.